The van der Waals surface area contributed by atoms with E-state index >= 15 is 0 Å². The molecule has 20 heavy (non-hydrogen) atoms. The molecule has 0 spiro atoms. The lowest BCUT2D eigenvalue weighted by Gasteiger charge is -2.23. The van der Waals surface area contributed by atoms with Gasteiger partial charge in [0.25, 0.3) is 5.91 Å². The van der Waals surface area contributed by atoms with Crippen molar-refractivity contribution in [3.8, 4) is 0 Å². The molecule has 1 aliphatic heterocycles. The molecule has 5 nitrogen and oxygen atoms in total. The second-order valence-electron chi connectivity index (χ2n) is 5.23. The smallest absolute Gasteiger partial charge is 0.257 e. The molecule has 0 radical (unpaired) electrons. The Morgan fingerprint density at radius 1 is 1.35 bits per heavy atom. The van der Waals surface area contributed by atoms with Crippen molar-refractivity contribution in [1.29, 1.82) is 0 Å². The van der Waals surface area contributed by atoms with Gasteiger partial charge in [-0.2, -0.15) is 0 Å². The molecule has 0 bridgehead atoms. The highest BCUT2D eigenvalue weighted by molar-refractivity contribution is 6.30. The van der Waals surface area contributed by atoms with Gasteiger partial charge in [0, 0.05) is 22.7 Å². The van der Waals surface area contributed by atoms with E-state index in [-0.39, 0.29) is 18.0 Å². The first-order valence-corrected chi connectivity index (χ1v) is 6.92. The highest BCUT2D eigenvalue weighted by Gasteiger charge is 2.28. The zero-order valence-corrected chi connectivity index (χ0v) is 12.1. The molecule has 3 N–H and O–H groups in total. The van der Waals surface area contributed by atoms with Crippen molar-refractivity contribution >= 4 is 23.4 Å². The van der Waals surface area contributed by atoms with Gasteiger partial charge < -0.3 is 10.6 Å². The zero-order chi connectivity index (χ0) is 14.6. The van der Waals surface area contributed by atoms with Crippen LogP contribution in [-0.2, 0) is 4.79 Å². The highest BCUT2D eigenvalue weighted by Crippen LogP contribution is 2.12. The molecule has 1 saturated heterocycles. The van der Waals surface area contributed by atoms with Crippen molar-refractivity contribution in [2.75, 3.05) is 19.6 Å². The van der Waals surface area contributed by atoms with E-state index in [2.05, 4.69) is 22.9 Å². The largest absolute Gasteiger partial charge is 0.315 e. The van der Waals surface area contributed by atoms with E-state index in [1.54, 1.807) is 24.3 Å². The van der Waals surface area contributed by atoms with Gasteiger partial charge in [0.05, 0.1) is 6.54 Å². The minimum absolute atomic E-state index is 0.0827. The predicted molar refractivity (Wildman–Crippen MR) is 77.8 cm³/mol. The number of carbonyl (C=O) groups excluding carboxylic acids is 2. The van der Waals surface area contributed by atoms with Crippen molar-refractivity contribution < 1.29 is 9.59 Å². The van der Waals surface area contributed by atoms with Crippen LogP contribution in [0.5, 0.6) is 0 Å². The van der Waals surface area contributed by atoms with Gasteiger partial charge >= 0.3 is 0 Å². The lowest BCUT2D eigenvalue weighted by molar-refractivity contribution is -0.119. The van der Waals surface area contributed by atoms with Crippen LogP contribution in [0.25, 0.3) is 0 Å². The van der Waals surface area contributed by atoms with Crippen molar-refractivity contribution in [1.82, 2.24) is 16.0 Å². The standard InChI is InChI=1S/C14H18ClN3O2/c1-14(6-7-16-9-14)17-8-12(19)18-13(20)10-2-4-11(15)5-3-10/h2-5,16-17H,6-9H2,1H3,(H,18,19,20). The Morgan fingerprint density at radius 2 is 2.05 bits per heavy atom. The summed E-state index contributed by atoms with van der Waals surface area (Å²) < 4.78 is 0. The lowest BCUT2D eigenvalue weighted by atomic mass is 10.0. The minimum atomic E-state index is -0.414. The van der Waals surface area contributed by atoms with E-state index in [0.29, 0.717) is 10.6 Å². The average Bonchev–Trinajstić information content (AvgIpc) is 2.85. The first kappa shape index (κ1) is 15.0. The van der Waals surface area contributed by atoms with Crippen molar-refractivity contribution in [3.63, 3.8) is 0 Å². The van der Waals surface area contributed by atoms with E-state index < -0.39 is 5.91 Å². The number of carbonyl (C=O) groups is 2. The number of hydrogen-bond donors (Lipinski definition) is 3. The molecule has 108 valence electrons. The van der Waals surface area contributed by atoms with Crippen molar-refractivity contribution in [2.45, 2.75) is 18.9 Å². The summed E-state index contributed by atoms with van der Waals surface area (Å²) in [6, 6.07) is 6.40. The van der Waals surface area contributed by atoms with Crippen LogP contribution in [0.2, 0.25) is 5.02 Å². The van der Waals surface area contributed by atoms with E-state index in [1.165, 1.54) is 0 Å². The molecule has 1 unspecified atom stereocenters. The first-order chi connectivity index (χ1) is 9.48. The second-order valence-corrected chi connectivity index (χ2v) is 5.66. The van der Waals surface area contributed by atoms with Gasteiger partial charge in [0.15, 0.2) is 0 Å². The molecule has 1 aromatic carbocycles. The number of amides is 2. The summed E-state index contributed by atoms with van der Waals surface area (Å²) in [7, 11) is 0. The molecule has 2 rings (SSSR count). The fourth-order valence-corrected chi connectivity index (χ4v) is 2.23. The quantitative estimate of drug-likeness (QED) is 0.773. The van der Waals surface area contributed by atoms with Crippen molar-refractivity contribution in [2.24, 2.45) is 0 Å². The summed E-state index contributed by atoms with van der Waals surface area (Å²) >= 11 is 5.75. The molecule has 6 heteroatoms. The maximum absolute atomic E-state index is 11.8. The topological polar surface area (TPSA) is 70.2 Å². The maximum Gasteiger partial charge on any atom is 0.257 e. The lowest BCUT2D eigenvalue weighted by Crippen LogP contribution is -2.49. The summed E-state index contributed by atoms with van der Waals surface area (Å²) in [6.45, 7) is 3.94. The Morgan fingerprint density at radius 3 is 2.65 bits per heavy atom. The molecule has 0 saturated carbocycles. The predicted octanol–water partition coefficient (Wildman–Crippen LogP) is 0.938. The van der Waals surface area contributed by atoms with Crippen LogP contribution >= 0.6 is 11.6 Å². The van der Waals surface area contributed by atoms with E-state index in [4.69, 9.17) is 11.6 Å². The van der Waals surface area contributed by atoms with Gasteiger partial charge in [-0.1, -0.05) is 11.6 Å². The number of hydrogen-bond acceptors (Lipinski definition) is 4. The summed E-state index contributed by atoms with van der Waals surface area (Å²) in [6.07, 6.45) is 0.964. The Hall–Kier alpha value is -1.43. The Balaban J connectivity index is 1.82. The Kier molecular flexibility index (Phi) is 4.75. The van der Waals surface area contributed by atoms with Crippen LogP contribution in [0.1, 0.15) is 23.7 Å². The summed E-state index contributed by atoms with van der Waals surface area (Å²) in [5.74, 6) is -0.749. The molecule has 0 aromatic heterocycles. The van der Waals surface area contributed by atoms with Crippen LogP contribution < -0.4 is 16.0 Å². The fraction of sp³-hybridized carbons (Fsp3) is 0.429. The Labute approximate surface area is 123 Å². The number of nitrogens with one attached hydrogen (secondary N) is 3. The van der Waals surface area contributed by atoms with E-state index in [9.17, 15) is 9.59 Å². The van der Waals surface area contributed by atoms with Gasteiger partial charge in [-0.15, -0.1) is 0 Å². The number of benzene rings is 1. The van der Waals surface area contributed by atoms with Gasteiger partial charge in [-0.25, -0.2) is 0 Å². The molecule has 1 fully saturated rings. The highest BCUT2D eigenvalue weighted by atomic mass is 35.5. The first-order valence-electron chi connectivity index (χ1n) is 6.54. The van der Waals surface area contributed by atoms with Crippen LogP contribution in [-0.4, -0.2) is 37.0 Å². The van der Waals surface area contributed by atoms with Crippen LogP contribution in [0.15, 0.2) is 24.3 Å². The third-order valence-corrected chi connectivity index (χ3v) is 3.66. The van der Waals surface area contributed by atoms with E-state index in [0.717, 1.165) is 19.5 Å². The summed E-state index contributed by atoms with van der Waals surface area (Å²) in [5, 5.41) is 9.32. The fourth-order valence-electron chi connectivity index (χ4n) is 2.11. The number of halogens is 1. The molecule has 1 aromatic rings. The second kappa shape index (κ2) is 6.35. The summed E-state index contributed by atoms with van der Waals surface area (Å²) in [5.41, 5.74) is 0.331. The molecular weight excluding hydrogens is 278 g/mol. The number of rotatable bonds is 4. The van der Waals surface area contributed by atoms with Gasteiger partial charge in [0.1, 0.15) is 0 Å². The normalized spacial score (nSPS) is 21.7. The number of imide groups is 1. The zero-order valence-electron chi connectivity index (χ0n) is 11.3. The molecular formula is C14H18ClN3O2. The van der Waals surface area contributed by atoms with E-state index in [1.807, 2.05) is 0 Å². The van der Waals surface area contributed by atoms with Gasteiger partial charge in [-0.3, -0.25) is 14.9 Å². The molecule has 1 aliphatic rings. The molecule has 1 heterocycles. The van der Waals surface area contributed by atoms with Gasteiger partial charge in [-0.05, 0) is 44.2 Å². The van der Waals surface area contributed by atoms with Crippen LogP contribution in [0.4, 0.5) is 0 Å². The monoisotopic (exact) mass is 295 g/mol. The Bertz CT molecular complexity index is 496. The van der Waals surface area contributed by atoms with Gasteiger partial charge in [0.2, 0.25) is 5.91 Å². The third-order valence-electron chi connectivity index (χ3n) is 3.40. The molecule has 1 atom stereocenters. The molecule has 2 amide bonds. The maximum atomic E-state index is 11.8. The van der Waals surface area contributed by atoms with Crippen molar-refractivity contribution in [3.05, 3.63) is 34.9 Å². The minimum Gasteiger partial charge on any atom is -0.315 e. The summed E-state index contributed by atoms with van der Waals surface area (Å²) in [4.78, 5) is 23.6. The van der Waals surface area contributed by atoms with Crippen LogP contribution in [0, 0.1) is 0 Å². The third kappa shape index (κ3) is 4.03. The van der Waals surface area contributed by atoms with Crippen LogP contribution in [0.3, 0.4) is 0 Å². The molecule has 0 aliphatic carbocycles. The SMILES string of the molecule is CC1(NCC(=O)NC(=O)c2ccc(Cl)cc2)CCNC1. The average molecular weight is 296 g/mol.